The highest BCUT2D eigenvalue weighted by Crippen LogP contribution is 2.47. The van der Waals surface area contributed by atoms with E-state index in [-0.39, 0.29) is 23.3 Å². The van der Waals surface area contributed by atoms with Gasteiger partial charge >= 0.3 is 0 Å². The number of hydrogen-bond donors (Lipinski definition) is 2. The van der Waals surface area contributed by atoms with Crippen LogP contribution in [0.1, 0.15) is 12.8 Å². The zero-order chi connectivity index (χ0) is 13.8. The van der Waals surface area contributed by atoms with E-state index >= 15 is 0 Å². The second-order valence-corrected chi connectivity index (χ2v) is 4.89. The summed E-state index contributed by atoms with van der Waals surface area (Å²) in [5.74, 6) is -0.390. The number of nitrogens with zero attached hydrogens (tertiary/aromatic N) is 1. The van der Waals surface area contributed by atoms with Crippen molar-refractivity contribution in [3.05, 3.63) is 0 Å². The summed E-state index contributed by atoms with van der Waals surface area (Å²) in [6, 6.07) is 0. The first-order chi connectivity index (χ1) is 8.44. The average Bonchev–Trinajstić information content (AvgIpc) is 3.09. The average molecular weight is 273 g/mol. The Balaban J connectivity index is 2.41. The fraction of sp³-hybridized carbons (Fsp3) is 0.727. The third-order valence-corrected chi connectivity index (χ3v) is 3.38. The van der Waals surface area contributed by atoms with E-state index < -0.39 is 5.41 Å². The molecule has 0 aromatic carbocycles. The summed E-state index contributed by atoms with van der Waals surface area (Å²) in [7, 11) is 3.14. The van der Waals surface area contributed by atoms with Crippen LogP contribution >= 0.6 is 12.2 Å². The number of nitrogens with one attached hydrogen (secondary N) is 1. The van der Waals surface area contributed by atoms with E-state index in [0.29, 0.717) is 26.0 Å². The number of hydrogen-bond acceptors (Lipinski definition) is 4. The Kier molecular flexibility index (Phi) is 5.03. The quantitative estimate of drug-likeness (QED) is 0.472. The fourth-order valence-electron chi connectivity index (χ4n) is 1.69. The van der Waals surface area contributed by atoms with Crippen molar-refractivity contribution >= 4 is 29.0 Å². The van der Waals surface area contributed by atoms with Crippen molar-refractivity contribution in [1.82, 2.24) is 10.2 Å². The van der Waals surface area contributed by atoms with Crippen molar-refractivity contribution in [2.45, 2.75) is 12.8 Å². The number of methoxy groups -OCH3 is 1. The summed E-state index contributed by atoms with van der Waals surface area (Å²) < 4.78 is 4.81. The molecule has 0 aromatic rings. The molecule has 0 aliphatic heterocycles. The highest BCUT2D eigenvalue weighted by atomic mass is 32.1. The van der Waals surface area contributed by atoms with Crippen molar-refractivity contribution in [3.8, 4) is 0 Å². The van der Waals surface area contributed by atoms with Gasteiger partial charge in [0.25, 0.3) is 0 Å². The van der Waals surface area contributed by atoms with Crippen LogP contribution < -0.4 is 11.1 Å². The highest BCUT2D eigenvalue weighted by Gasteiger charge is 2.54. The van der Waals surface area contributed by atoms with Crippen LogP contribution in [0.15, 0.2) is 0 Å². The molecule has 18 heavy (non-hydrogen) atoms. The molecule has 1 rings (SSSR count). The highest BCUT2D eigenvalue weighted by molar-refractivity contribution is 7.80. The Labute approximate surface area is 112 Å². The van der Waals surface area contributed by atoms with E-state index in [4.69, 9.17) is 22.7 Å². The SMILES string of the molecule is COCCNC(=O)CN(C)C(=O)C1(C(N)=S)CC1. The largest absolute Gasteiger partial charge is 0.392 e. The van der Waals surface area contributed by atoms with Gasteiger partial charge in [0, 0.05) is 20.7 Å². The molecule has 0 unspecified atom stereocenters. The van der Waals surface area contributed by atoms with E-state index in [1.54, 1.807) is 14.2 Å². The first-order valence-electron chi connectivity index (χ1n) is 5.75. The molecule has 1 aliphatic carbocycles. The van der Waals surface area contributed by atoms with Gasteiger partial charge in [-0.1, -0.05) is 12.2 Å². The van der Waals surface area contributed by atoms with E-state index in [1.807, 2.05) is 0 Å². The van der Waals surface area contributed by atoms with Gasteiger partial charge in [-0.25, -0.2) is 0 Å². The lowest BCUT2D eigenvalue weighted by Gasteiger charge is -2.22. The van der Waals surface area contributed by atoms with E-state index in [9.17, 15) is 9.59 Å². The lowest BCUT2D eigenvalue weighted by molar-refractivity contribution is -0.137. The number of thiocarbonyl (C=S) groups is 1. The Morgan fingerprint density at radius 2 is 2.11 bits per heavy atom. The molecule has 0 heterocycles. The number of ether oxygens (including phenoxy) is 1. The van der Waals surface area contributed by atoms with Gasteiger partial charge < -0.3 is 20.7 Å². The molecule has 6 nitrogen and oxygen atoms in total. The maximum Gasteiger partial charge on any atom is 0.239 e. The number of carbonyl (C=O) groups is 2. The van der Waals surface area contributed by atoms with Crippen molar-refractivity contribution in [1.29, 1.82) is 0 Å². The predicted molar refractivity (Wildman–Crippen MR) is 71.0 cm³/mol. The molecule has 0 saturated heterocycles. The summed E-state index contributed by atoms with van der Waals surface area (Å²) in [4.78, 5) is 25.2. The number of amides is 2. The van der Waals surface area contributed by atoms with Gasteiger partial charge in [0.15, 0.2) is 0 Å². The van der Waals surface area contributed by atoms with Crippen LogP contribution in [-0.4, -0.2) is 55.6 Å². The van der Waals surface area contributed by atoms with Crippen LogP contribution in [0, 0.1) is 5.41 Å². The lowest BCUT2D eigenvalue weighted by atomic mass is 10.1. The summed E-state index contributed by atoms with van der Waals surface area (Å²) in [6.07, 6.45) is 1.35. The van der Waals surface area contributed by atoms with E-state index in [2.05, 4.69) is 5.32 Å². The summed E-state index contributed by atoms with van der Waals surface area (Å²) in [5.41, 5.74) is 4.87. The van der Waals surface area contributed by atoms with Gasteiger partial charge in [0.1, 0.15) is 0 Å². The molecule has 2 amide bonds. The number of likely N-dealkylation sites (N-methyl/N-ethyl adjacent to an activating group) is 1. The molecule has 0 atom stereocenters. The summed E-state index contributed by atoms with van der Waals surface area (Å²) >= 11 is 4.90. The molecule has 0 spiro atoms. The predicted octanol–water partition coefficient (Wildman–Crippen LogP) is -0.726. The van der Waals surface area contributed by atoms with Gasteiger partial charge in [0.05, 0.1) is 23.6 Å². The molecule has 7 heteroatoms. The molecule has 3 N–H and O–H groups in total. The Morgan fingerprint density at radius 1 is 1.50 bits per heavy atom. The molecule has 0 radical (unpaired) electrons. The van der Waals surface area contributed by atoms with Gasteiger partial charge in [-0.15, -0.1) is 0 Å². The third-order valence-electron chi connectivity index (χ3n) is 2.99. The molecule has 1 aliphatic rings. The van der Waals surface area contributed by atoms with Crippen LogP contribution in [-0.2, 0) is 14.3 Å². The van der Waals surface area contributed by atoms with E-state index in [1.165, 1.54) is 4.90 Å². The van der Waals surface area contributed by atoms with Gasteiger partial charge in [-0.3, -0.25) is 9.59 Å². The first-order valence-corrected chi connectivity index (χ1v) is 6.16. The Morgan fingerprint density at radius 3 is 2.56 bits per heavy atom. The van der Waals surface area contributed by atoms with Crippen molar-refractivity contribution < 1.29 is 14.3 Å². The third kappa shape index (κ3) is 3.39. The lowest BCUT2D eigenvalue weighted by Crippen LogP contribution is -2.45. The normalized spacial score (nSPS) is 15.9. The summed E-state index contributed by atoms with van der Waals surface area (Å²) in [5, 5.41) is 2.65. The second-order valence-electron chi connectivity index (χ2n) is 4.45. The number of nitrogens with two attached hydrogens (primary N) is 1. The fourth-order valence-corrected chi connectivity index (χ4v) is 1.98. The zero-order valence-corrected chi connectivity index (χ0v) is 11.5. The molecule has 0 aromatic heterocycles. The topological polar surface area (TPSA) is 84.7 Å². The standard InChI is InChI=1S/C11H19N3O3S/c1-14(7-8(15)13-5-6-17-2)10(16)11(3-4-11)9(12)18/h3-7H2,1-2H3,(H2,12,18)(H,13,15). The number of rotatable bonds is 7. The van der Waals surface area contributed by atoms with Crippen molar-refractivity contribution in [3.63, 3.8) is 0 Å². The molecule has 102 valence electrons. The van der Waals surface area contributed by atoms with Crippen LogP contribution in [0.3, 0.4) is 0 Å². The van der Waals surface area contributed by atoms with Crippen molar-refractivity contribution in [2.24, 2.45) is 11.1 Å². The Bertz CT molecular complexity index is 355. The minimum Gasteiger partial charge on any atom is -0.392 e. The van der Waals surface area contributed by atoms with Crippen LogP contribution in [0.5, 0.6) is 0 Å². The maximum absolute atomic E-state index is 12.1. The first kappa shape index (κ1) is 14.8. The van der Waals surface area contributed by atoms with Gasteiger partial charge in [-0.2, -0.15) is 0 Å². The van der Waals surface area contributed by atoms with Gasteiger partial charge in [-0.05, 0) is 12.8 Å². The molecule has 1 saturated carbocycles. The monoisotopic (exact) mass is 273 g/mol. The second kappa shape index (κ2) is 6.10. The minimum absolute atomic E-state index is 0.00686. The van der Waals surface area contributed by atoms with Crippen LogP contribution in [0.25, 0.3) is 0 Å². The van der Waals surface area contributed by atoms with Crippen molar-refractivity contribution in [2.75, 3.05) is 33.9 Å². The molecular weight excluding hydrogens is 254 g/mol. The smallest absolute Gasteiger partial charge is 0.239 e. The van der Waals surface area contributed by atoms with Crippen LogP contribution in [0.4, 0.5) is 0 Å². The van der Waals surface area contributed by atoms with Crippen LogP contribution in [0.2, 0.25) is 0 Å². The minimum atomic E-state index is -0.698. The molecular formula is C11H19N3O3S. The number of carbonyl (C=O) groups excluding carboxylic acids is 2. The maximum atomic E-state index is 12.1. The Hall–Kier alpha value is -1.21. The van der Waals surface area contributed by atoms with Gasteiger partial charge in [0.2, 0.25) is 11.8 Å². The summed E-state index contributed by atoms with van der Waals surface area (Å²) in [6.45, 7) is 0.880. The zero-order valence-electron chi connectivity index (χ0n) is 10.7. The molecule has 0 bridgehead atoms. The van der Waals surface area contributed by atoms with E-state index in [0.717, 1.165) is 0 Å². The molecule has 1 fully saturated rings.